The Bertz CT molecular complexity index is 414. The van der Waals surface area contributed by atoms with Crippen molar-refractivity contribution in [2.75, 3.05) is 11.9 Å². The normalized spacial score (nSPS) is 10.3. The second-order valence-electron chi connectivity index (χ2n) is 5.31. The number of unbranched alkanes of at least 4 members (excludes halogenated alkanes) is 7. The summed E-state index contributed by atoms with van der Waals surface area (Å²) in [7, 11) is 0. The Morgan fingerprint density at radius 3 is 2.19 bits per heavy atom. The van der Waals surface area contributed by atoms with E-state index in [4.69, 9.17) is 10.00 Å². The van der Waals surface area contributed by atoms with Crippen LogP contribution in [0, 0.1) is 11.3 Å². The van der Waals surface area contributed by atoms with E-state index in [2.05, 4.69) is 22.0 Å². The smallest absolute Gasteiger partial charge is 0.123 e. The molecule has 1 rings (SSSR count). The highest BCUT2D eigenvalue weighted by molar-refractivity contribution is 9.09. The molecule has 1 aromatic rings. The first-order chi connectivity index (χ1) is 10.4. The van der Waals surface area contributed by atoms with Gasteiger partial charge in [0.05, 0.1) is 19.1 Å². The minimum atomic E-state index is 0.421. The van der Waals surface area contributed by atoms with Crippen LogP contribution in [-0.2, 0) is 6.42 Å². The average Bonchev–Trinajstić information content (AvgIpc) is 2.51. The van der Waals surface area contributed by atoms with Gasteiger partial charge < -0.3 is 4.74 Å². The third-order valence-electron chi connectivity index (χ3n) is 3.53. The molecule has 3 heteroatoms. The topological polar surface area (TPSA) is 33.0 Å². The number of nitrogens with zero attached hydrogens (tertiary/aromatic N) is 1. The molecule has 116 valence electrons. The number of ether oxygens (including phenoxy) is 1. The van der Waals surface area contributed by atoms with E-state index >= 15 is 0 Å². The molecule has 0 radical (unpaired) electrons. The zero-order valence-electron chi connectivity index (χ0n) is 12.8. The Hall–Kier alpha value is -1.01. The fourth-order valence-electron chi connectivity index (χ4n) is 2.32. The highest BCUT2D eigenvalue weighted by atomic mass is 79.9. The van der Waals surface area contributed by atoms with Crippen molar-refractivity contribution >= 4 is 15.9 Å². The summed E-state index contributed by atoms with van der Waals surface area (Å²) >= 11 is 3.46. The van der Waals surface area contributed by atoms with E-state index in [1.807, 2.05) is 24.3 Å². The van der Waals surface area contributed by atoms with Crippen LogP contribution in [0.3, 0.4) is 0 Å². The van der Waals surface area contributed by atoms with E-state index in [9.17, 15) is 0 Å². The van der Waals surface area contributed by atoms with E-state index < -0.39 is 0 Å². The van der Waals surface area contributed by atoms with Crippen LogP contribution >= 0.6 is 15.9 Å². The fourth-order valence-corrected chi connectivity index (χ4v) is 2.71. The maximum absolute atomic E-state index is 8.78. The first-order valence-electron chi connectivity index (χ1n) is 8.02. The van der Waals surface area contributed by atoms with Gasteiger partial charge in [0.1, 0.15) is 5.75 Å². The van der Waals surface area contributed by atoms with Crippen molar-refractivity contribution < 1.29 is 4.74 Å². The monoisotopic (exact) mass is 351 g/mol. The van der Waals surface area contributed by atoms with Crippen molar-refractivity contribution in [3.05, 3.63) is 29.8 Å². The summed E-state index contributed by atoms with van der Waals surface area (Å²) in [6, 6.07) is 10.0. The third kappa shape index (κ3) is 8.78. The molecule has 0 atom stereocenters. The van der Waals surface area contributed by atoms with Crippen LogP contribution in [0.1, 0.15) is 56.9 Å². The lowest BCUT2D eigenvalue weighted by Gasteiger charge is -2.09. The van der Waals surface area contributed by atoms with Crippen LogP contribution in [0.5, 0.6) is 5.75 Å². The molecule has 0 aliphatic heterocycles. The van der Waals surface area contributed by atoms with Crippen LogP contribution in [0.15, 0.2) is 24.3 Å². The van der Waals surface area contributed by atoms with E-state index in [1.54, 1.807) is 0 Å². The lowest BCUT2D eigenvalue weighted by Crippen LogP contribution is -2.00. The standard InChI is InChI=1S/C18H26BrNO/c19-14-9-5-3-1-2-4-6-10-16-21-18-12-8-7-11-17(18)13-15-20/h7-8,11-12H,1-6,9-10,13-14,16H2. The van der Waals surface area contributed by atoms with Gasteiger partial charge in [0.15, 0.2) is 0 Å². The number of nitriles is 1. The molecule has 1 aromatic carbocycles. The van der Waals surface area contributed by atoms with Crippen molar-refractivity contribution in [3.63, 3.8) is 0 Å². The minimum absolute atomic E-state index is 0.421. The summed E-state index contributed by atoms with van der Waals surface area (Å²) in [4.78, 5) is 0. The number of halogens is 1. The number of hydrogen-bond acceptors (Lipinski definition) is 2. The Kier molecular flexibility index (Phi) is 10.9. The van der Waals surface area contributed by atoms with Crippen LogP contribution < -0.4 is 4.74 Å². The number of hydrogen-bond donors (Lipinski definition) is 0. The van der Waals surface area contributed by atoms with Gasteiger partial charge in [0, 0.05) is 10.9 Å². The van der Waals surface area contributed by atoms with E-state index in [1.165, 1.54) is 44.9 Å². The molecule has 0 fully saturated rings. The summed E-state index contributed by atoms with van der Waals surface area (Å²) in [6.45, 7) is 0.756. The van der Waals surface area contributed by atoms with E-state index in [0.717, 1.165) is 29.7 Å². The Labute approximate surface area is 137 Å². The fraction of sp³-hybridized carbons (Fsp3) is 0.611. The van der Waals surface area contributed by atoms with Gasteiger partial charge in [-0.1, -0.05) is 72.7 Å². The van der Waals surface area contributed by atoms with Gasteiger partial charge in [-0.3, -0.25) is 0 Å². The predicted molar refractivity (Wildman–Crippen MR) is 92.0 cm³/mol. The van der Waals surface area contributed by atoms with Gasteiger partial charge in [0.25, 0.3) is 0 Å². The third-order valence-corrected chi connectivity index (χ3v) is 4.09. The van der Waals surface area contributed by atoms with Gasteiger partial charge >= 0.3 is 0 Å². The molecular formula is C18H26BrNO. The largest absolute Gasteiger partial charge is 0.493 e. The maximum Gasteiger partial charge on any atom is 0.123 e. The molecule has 0 aliphatic rings. The van der Waals surface area contributed by atoms with Crippen LogP contribution in [-0.4, -0.2) is 11.9 Å². The van der Waals surface area contributed by atoms with Crippen LogP contribution in [0.2, 0.25) is 0 Å². The van der Waals surface area contributed by atoms with Crippen molar-refractivity contribution in [2.45, 2.75) is 57.8 Å². The summed E-state index contributed by atoms with van der Waals surface area (Å²) in [5, 5.41) is 9.92. The highest BCUT2D eigenvalue weighted by Crippen LogP contribution is 2.18. The Balaban J connectivity index is 2.03. The average molecular weight is 352 g/mol. The number of rotatable bonds is 12. The molecule has 0 amide bonds. The van der Waals surface area contributed by atoms with Gasteiger partial charge in [-0.25, -0.2) is 0 Å². The molecule has 0 bridgehead atoms. The molecule has 0 spiro atoms. The lowest BCUT2D eigenvalue weighted by atomic mass is 10.1. The van der Waals surface area contributed by atoms with E-state index in [0.29, 0.717) is 6.42 Å². The number of benzene rings is 1. The summed E-state index contributed by atoms with van der Waals surface area (Å²) in [5.41, 5.74) is 0.992. The Morgan fingerprint density at radius 1 is 0.905 bits per heavy atom. The Morgan fingerprint density at radius 2 is 1.52 bits per heavy atom. The molecule has 0 saturated carbocycles. The maximum atomic E-state index is 8.78. The zero-order chi connectivity index (χ0) is 15.2. The van der Waals surface area contributed by atoms with Crippen molar-refractivity contribution in [1.82, 2.24) is 0 Å². The van der Waals surface area contributed by atoms with Gasteiger partial charge in [-0.05, 0) is 18.9 Å². The first-order valence-corrected chi connectivity index (χ1v) is 9.14. The predicted octanol–water partition coefficient (Wildman–Crippen LogP) is 5.65. The van der Waals surface area contributed by atoms with E-state index in [-0.39, 0.29) is 0 Å². The van der Waals surface area contributed by atoms with Crippen molar-refractivity contribution in [3.8, 4) is 11.8 Å². The van der Waals surface area contributed by atoms with Gasteiger partial charge in [-0.2, -0.15) is 5.26 Å². The van der Waals surface area contributed by atoms with Gasteiger partial charge in [0.2, 0.25) is 0 Å². The summed E-state index contributed by atoms with van der Waals surface area (Å²) < 4.78 is 5.79. The molecule has 0 aliphatic carbocycles. The molecule has 21 heavy (non-hydrogen) atoms. The van der Waals surface area contributed by atoms with Gasteiger partial charge in [-0.15, -0.1) is 0 Å². The number of para-hydroxylation sites is 1. The highest BCUT2D eigenvalue weighted by Gasteiger charge is 2.01. The summed E-state index contributed by atoms with van der Waals surface area (Å²) in [6.07, 6.45) is 10.8. The quantitative estimate of drug-likeness (QED) is 0.360. The number of alkyl halides is 1. The molecule has 0 heterocycles. The second kappa shape index (κ2) is 12.7. The van der Waals surface area contributed by atoms with Crippen LogP contribution in [0.25, 0.3) is 0 Å². The van der Waals surface area contributed by atoms with Crippen molar-refractivity contribution in [1.29, 1.82) is 5.26 Å². The second-order valence-corrected chi connectivity index (χ2v) is 6.10. The molecule has 0 aromatic heterocycles. The lowest BCUT2D eigenvalue weighted by molar-refractivity contribution is 0.302. The minimum Gasteiger partial charge on any atom is -0.493 e. The van der Waals surface area contributed by atoms with Crippen LogP contribution in [0.4, 0.5) is 0 Å². The molecule has 2 nitrogen and oxygen atoms in total. The van der Waals surface area contributed by atoms with Crippen molar-refractivity contribution in [2.24, 2.45) is 0 Å². The molecule has 0 unspecified atom stereocenters. The zero-order valence-corrected chi connectivity index (χ0v) is 14.4. The molecular weight excluding hydrogens is 326 g/mol. The molecule has 0 N–H and O–H groups in total. The molecule has 0 saturated heterocycles. The summed E-state index contributed by atoms with van der Waals surface area (Å²) in [5.74, 6) is 0.869. The SMILES string of the molecule is N#CCc1ccccc1OCCCCCCCCCCBr. The first kappa shape index (κ1) is 18.0.